The molecule has 22 heavy (non-hydrogen) atoms. The molecule has 0 saturated carbocycles. The first-order valence-electron chi connectivity index (χ1n) is 7.34. The van der Waals surface area contributed by atoms with Crippen molar-refractivity contribution < 1.29 is 17.6 Å². The van der Waals surface area contributed by atoms with Gasteiger partial charge >= 0.3 is 0 Å². The van der Waals surface area contributed by atoms with Crippen molar-refractivity contribution >= 4 is 15.9 Å². The molecule has 1 aromatic rings. The van der Waals surface area contributed by atoms with Gasteiger partial charge in [0.15, 0.2) is 0 Å². The Kier molecular flexibility index (Phi) is 5.18. The Hall–Kier alpha value is -1.47. The Balaban J connectivity index is 2.10. The zero-order valence-electron chi connectivity index (χ0n) is 12.8. The van der Waals surface area contributed by atoms with Crippen molar-refractivity contribution in [2.75, 3.05) is 25.9 Å². The highest BCUT2D eigenvalue weighted by Gasteiger charge is 2.31. The molecule has 1 unspecified atom stereocenters. The number of carbonyl (C=O) groups is 1. The number of sulfonamides is 1. The van der Waals surface area contributed by atoms with Gasteiger partial charge in [-0.2, -0.15) is 4.31 Å². The lowest BCUT2D eigenvalue weighted by atomic mass is 10.0. The first kappa shape index (κ1) is 16.9. The molecule has 1 atom stereocenters. The van der Waals surface area contributed by atoms with Gasteiger partial charge in [-0.15, -0.1) is 0 Å². The van der Waals surface area contributed by atoms with Crippen LogP contribution in [0.25, 0.3) is 0 Å². The van der Waals surface area contributed by atoms with E-state index in [0.717, 1.165) is 22.7 Å². The van der Waals surface area contributed by atoms with E-state index < -0.39 is 10.0 Å². The number of likely N-dealkylation sites (tertiary alicyclic amines) is 1. The van der Waals surface area contributed by atoms with Crippen LogP contribution in [0.4, 0.5) is 4.39 Å². The first-order valence-corrected chi connectivity index (χ1v) is 8.95. The highest BCUT2D eigenvalue weighted by atomic mass is 32.2. The smallest absolute Gasteiger partial charge is 0.238 e. The molecular formula is C15H21FN2O3S. The summed E-state index contributed by atoms with van der Waals surface area (Å²) >= 11 is 0. The van der Waals surface area contributed by atoms with Crippen molar-refractivity contribution in [1.29, 1.82) is 0 Å². The summed E-state index contributed by atoms with van der Waals surface area (Å²) in [6.45, 7) is 1.99. The van der Waals surface area contributed by atoms with Gasteiger partial charge in [0, 0.05) is 13.6 Å². The van der Waals surface area contributed by atoms with Crippen molar-refractivity contribution in [2.24, 2.45) is 0 Å². The minimum absolute atomic E-state index is 0.0296. The molecule has 0 aliphatic carbocycles. The van der Waals surface area contributed by atoms with Crippen LogP contribution >= 0.6 is 0 Å². The molecule has 1 aliphatic rings. The SMILES string of the molecule is CCS(=O)(=O)N(C)CC(=O)N1CCCC1c1ccc(F)cc1. The van der Waals surface area contributed by atoms with E-state index in [1.807, 2.05) is 0 Å². The summed E-state index contributed by atoms with van der Waals surface area (Å²) in [5, 5.41) is 0. The lowest BCUT2D eigenvalue weighted by molar-refractivity contribution is -0.132. The van der Waals surface area contributed by atoms with Crippen LogP contribution < -0.4 is 0 Å². The van der Waals surface area contributed by atoms with Crippen LogP contribution in [0.15, 0.2) is 24.3 Å². The molecule has 0 N–H and O–H groups in total. The molecule has 0 radical (unpaired) electrons. The third-order valence-electron chi connectivity index (χ3n) is 4.03. The second-order valence-corrected chi connectivity index (χ2v) is 7.82. The summed E-state index contributed by atoms with van der Waals surface area (Å²) in [7, 11) is -1.96. The van der Waals surface area contributed by atoms with E-state index in [4.69, 9.17) is 0 Å². The minimum Gasteiger partial charge on any atom is -0.335 e. The molecule has 5 nitrogen and oxygen atoms in total. The molecule has 0 bridgehead atoms. The van der Waals surface area contributed by atoms with Crippen LogP contribution in [0.2, 0.25) is 0 Å². The Morgan fingerprint density at radius 3 is 2.59 bits per heavy atom. The van der Waals surface area contributed by atoms with Crippen molar-refractivity contribution in [3.8, 4) is 0 Å². The van der Waals surface area contributed by atoms with E-state index in [-0.39, 0.29) is 30.1 Å². The zero-order chi connectivity index (χ0) is 16.3. The predicted octanol–water partition coefficient (Wildman–Crippen LogP) is 1.77. The summed E-state index contributed by atoms with van der Waals surface area (Å²) in [5.74, 6) is -0.558. The number of benzene rings is 1. The van der Waals surface area contributed by atoms with Gasteiger partial charge < -0.3 is 4.90 Å². The highest BCUT2D eigenvalue weighted by Crippen LogP contribution is 2.32. The topological polar surface area (TPSA) is 57.7 Å². The van der Waals surface area contributed by atoms with Crippen molar-refractivity contribution in [1.82, 2.24) is 9.21 Å². The number of halogens is 1. The lowest BCUT2D eigenvalue weighted by Gasteiger charge is -2.27. The van der Waals surface area contributed by atoms with Crippen LogP contribution in [0.5, 0.6) is 0 Å². The van der Waals surface area contributed by atoms with Gasteiger partial charge in [0.05, 0.1) is 18.3 Å². The number of hydrogen-bond acceptors (Lipinski definition) is 3. The van der Waals surface area contributed by atoms with E-state index in [1.54, 1.807) is 24.0 Å². The number of carbonyl (C=O) groups excluding carboxylic acids is 1. The van der Waals surface area contributed by atoms with Gasteiger partial charge in [-0.05, 0) is 37.5 Å². The first-order chi connectivity index (χ1) is 10.3. The zero-order valence-corrected chi connectivity index (χ0v) is 13.6. The summed E-state index contributed by atoms with van der Waals surface area (Å²) in [6.07, 6.45) is 1.67. The molecule has 1 aromatic carbocycles. The summed E-state index contributed by atoms with van der Waals surface area (Å²) < 4.78 is 37.6. The minimum atomic E-state index is -3.37. The molecule has 7 heteroatoms. The van der Waals surface area contributed by atoms with E-state index in [0.29, 0.717) is 6.54 Å². The maximum Gasteiger partial charge on any atom is 0.238 e. The molecule has 1 heterocycles. The standard InChI is InChI=1S/C15H21FN2O3S/c1-3-22(20,21)17(2)11-15(19)18-10-4-5-14(18)12-6-8-13(16)9-7-12/h6-9,14H,3-5,10-11H2,1-2H3. The summed E-state index contributed by atoms with van der Waals surface area (Å²) in [5.41, 5.74) is 0.883. The quantitative estimate of drug-likeness (QED) is 0.828. The normalized spacial score (nSPS) is 18.9. The van der Waals surface area contributed by atoms with Crippen LogP contribution in [-0.2, 0) is 14.8 Å². The molecule has 1 amide bonds. The fourth-order valence-electron chi connectivity index (χ4n) is 2.70. The molecule has 1 fully saturated rings. The Morgan fingerprint density at radius 2 is 2.00 bits per heavy atom. The monoisotopic (exact) mass is 328 g/mol. The van der Waals surface area contributed by atoms with Crippen molar-refractivity contribution in [3.05, 3.63) is 35.6 Å². The summed E-state index contributed by atoms with van der Waals surface area (Å²) in [4.78, 5) is 14.1. The van der Waals surface area contributed by atoms with Crippen LogP contribution in [0.1, 0.15) is 31.4 Å². The fraction of sp³-hybridized carbons (Fsp3) is 0.533. The molecule has 122 valence electrons. The number of rotatable bonds is 5. The second kappa shape index (κ2) is 6.75. The van der Waals surface area contributed by atoms with E-state index >= 15 is 0 Å². The van der Waals surface area contributed by atoms with E-state index in [1.165, 1.54) is 19.2 Å². The number of likely N-dealkylation sites (N-methyl/N-ethyl adjacent to an activating group) is 1. The van der Waals surface area contributed by atoms with Crippen LogP contribution in [-0.4, -0.2) is 49.4 Å². The van der Waals surface area contributed by atoms with Crippen LogP contribution in [0, 0.1) is 5.82 Å². The Labute approximate surface area is 130 Å². The summed E-state index contributed by atoms with van der Waals surface area (Å²) in [6, 6.07) is 6.01. The highest BCUT2D eigenvalue weighted by molar-refractivity contribution is 7.89. The maximum absolute atomic E-state index is 13.0. The molecule has 0 spiro atoms. The molecule has 1 saturated heterocycles. The van der Waals surface area contributed by atoms with Gasteiger partial charge in [0.1, 0.15) is 5.82 Å². The predicted molar refractivity (Wildman–Crippen MR) is 82.2 cm³/mol. The molecule has 1 aliphatic heterocycles. The van der Waals surface area contributed by atoms with E-state index in [9.17, 15) is 17.6 Å². The average molecular weight is 328 g/mol. The van der Waals surface area contributed by atoms with E-state index in [2.05, 4.69) is 0 Å². The van der Waals surface area contributed by atoms with Crippen molar-refractivity contribution in [3.63, 3.8) is 0 Å². The number of amides is 1. The van der Waals surface area contributed by atoms with Crippen molar-refractivity contribution in [2.45, 2.75) is 25.8 Å². The average Bonchev–Trinajstić information content (AvgIpc) is 2.97. The number of nitrogens with zero attached hydrogens (tertiary/aromatic N) is 2. The van der Waals surface area contributed by atoms with Gasteiger partial charge in [0.25, 0.3) is 0 Å². The third-order valence-corrected chi connectivity index (χ3v) is 5.83. The van der Waals surface area contributed by atoms with Gasteiger partial charge in [0.2, 0.25) is 15.9 Å². The fourth-order valence-corrected chi connectivity index (χ4v) is 3.44. The Morgan fingerprint density at radius 1 is 1.36 bits per heavy atom. The molecular weight excluding hydrogens is 307 g/mol. The molecule has 0 aromatic heterocycles. The largest absolute Gasteiger partial charge is 0.335 e. The Bertz CT molecular complexity index is 631. The molecule has 2 rings (SSSR count). The van der Waals surface area contributed by atoms with Gasteiger partial charge in [-0.1, -0.05) is 12.1 Å². The number of hydrogen-bond donors (Lipinski definition) is 0. The second-order valence-electron chi connectivity index (χ2n) is 5.45. The lowest BCUT2D eigenvalue weighted by Crippen LogP contribution is -2.41. The van der Waals surface area contributed by atoms with Crippen LogP contribution in [0.3, 0.4) is 0 Å². The maximum atomic E-state index is 13.0. The third kappa shape index (κ3) is 3.64. The van der Waals surface area contributed by atoms with Gasteiger partial charge in [-0.25, -0.2) is 12.8 Å². The van der Waals surface area contributed by atoms with Gasteiger partial charge in [-0.3, -0.25) is 4.79 Å².